The summed E-state index contributed by atoms with van der Waals surface area (Å²) in [5.41, 5.74) is 1.11. The zero-order chi connectivity index (χ0) is 13.8. The van der Waals surface area contributed by atoms with E-state index in [1.807, 2.05) is 24.4 Å². The maximum absolute atomic E-state index is 5.23. The Bertz CT molecular complexity index is 554. The number of hydrogen-bond acceptors (Lipinski definition) is 4. The van der Waals surface area contributed by atoms with Crippen LogP contribution in [0.2, 0.25) is 0 Å². The fourth-order valence-electron chi connectivity index (χ4n) is 1.63. The molecule has 0 spiro atoms. The molecule has 0 bridgehead atoms. The normalized spacial score (nSPS) is 11.0. The van der Waals surface area contributed by atoms with E-state index in [9.17, 15) is 0 Å². The molecule has 0 aliphatic heterocycles. The molecule has 0 saturated carbocycles. The lowest BCUT2D eigenvalue weighted by molar-refractivity contribution is 0.412. The molecule has 2 aromatic rings. The first-order chi connectivity index (χ1) is 9.10. The van der Waals surface area contributed by atoms with E-state index in [1.165, 1.54) is 4.88 Å². The van der Waals surface area contributed by atoms with E-state index >= 15 is 0 Å². The van der Waals surface area contributed by atoms with Crippen LogP contribution in [0.3, 0.4) is 0 Å². The highest BCUT2D eigenvalue weighted by molar-refractivity contribution is 9.10. The van der Waals surface area contributed by atoms with Gasteiger partial charge in [0.2, 0.25) is 0 Å². The predicted molar refractivity (Wildman–Crippen MR) is 83.8 cm³/mol. The Morgan fingerprint density at radius 2 is 2.21 bits per heavy atom. The fraction of sp³-hybridized carbons (Fsp3) is 0.357. The lowest BCUT2D eigenvalue weighted by atomic mass is 10.2. The largest absolute Gasteiger partial charge is 0.496 e. The average Bonchev–Trinajstić information content (AvgIpc) is 2.85. The Balaban J connectivity index is 2.16. The second kappa shape index (κ2) is 6.50. The molecule has 1 N–H and O–H groups in total. The topological polar surface area (TPSA) is 34.1 Å². The Labute approximate surface area is 126 Å². The summed E-state index contributed by atoms with van der Waals surface area (Å²) in [4.78, 5) is 5.72. The van der Waals surface area contributed by atoms with Gasteiger partial charge < -0.3 is 10.1 Å². The summed E-state index contributed by atoms with van der Waals surface area (Å²) in [6.45, 7) is 5.15. The van der Waals surface area contributed by atoms with Crippen LogP contribution in [0.15, 0.2) is 28.9 Å². The summed E-state index contributed by atoms with van der Waals surface area (Å²) in [6.07, 6.45) is 1.94. The van der Waals surface area contributed by atoms with Crippen LogP contribution in [0.5, 0.6) is 5.75 Å². The fourth-order valence-corrected chi connectivity index (χ4v) is 3.03. The third-order valence-electron chi connectivity index (χ3n) is 2.64. The highest BCUT2D eigenvalue weighted by Crippen LogP contribution is 2.32. The first-order valence-electron chi connectivity index (χ1n) is 6.12. The van der Waals surface area contributed by atoms with Gasteiger partial charge in [-0.25, -0.2) is 4.98 Å². The molecular formula is C14H17BrN2OS. The molecule has 0 radical (unpaired) electrons. The Kier molecular flexibility index (Phi) is 4.96. The molecule has 0 amide bonds. The molecule has 0 saturated heterocycles. The van der Waals surface area contributed by atoms with Gasteiger partial charge in [-0.15, -0.1) is 11.3 Å². The zero-order valence-corrected chi connectivity index (χ0v) is 13.6. The van der Waals surface area contributed by atoms with Crippen LogP contribution in [-0.2, 0) is 6.54 Å². The van der Waals surface area contributed by atoms with E-state index in [1.54, 1.807) is 18.4 Å². The predicted octanol–water partition coefficient (Wildman–Crippen LogP) is 4.08. The number of halogens is 1. The zero-order valence-electron chi connectivity index (χ0n) is 11.2. The van der Waals surface area contributed by atoms with Gasteiger partial charge in [0.1, 0.15) is 10.8 Å². The van der Waals surface area contributed by atoms with Crippen molar-refractivity contribution in [3.05, 3.63) is 33.7 Å². The summed E-state index contributed by atoms with van der Waals surface area (Å²) >= 11 is 5.22. The van der Waals surface area contributed by atoms with Crippen LogP contribution in [0.25, 0.3) is 10.6 Å². The molecule has 1 aromatic heterocycles. The number of thiazole rings is 1. The Morgan fingerprint density at radius 1 is 1.42 bits per heavy atom. The van der Waals surface area contributed by atoms with Crippen LogP contribution >= 0.6 is 27.3 Å². The third kappa shape index (κ3) is 3.78. The van der Waals surface area contributed by atoms with E-state index in [4.69, 9.17) is 4.74 Å². The second-order valence-electron chi connectivity index (χ2n) is 4.52. The van der Waals surface area contributed by atoms with Crippen molar-refractivity contribution in [1.82, 2.24) is 10.3 Å². The molecule has 102 valence electrons. The molecule has 1 aromatic carbocycles. The van der Waals surface area contributed by atoms with Crippen molar-refractivity contribution in [1.29, 1.82) is 0 Å². The lowest BCUT2D eigenvalue weighted by Crippen LogP contribution is -2.21. The van der Waals surface area contributed by atoms with Crippen molar-refractivity contribution in [2.24, 2.45) is 0 Å². The van der Waals surface area contributed by atoms with Gasteiger partial charge in [-0.3, -0.25) is 0 Å². The van der Waals surface area contributed by atoms with Crippen LogP contribution in [-0.4, -0.2) is 18.1 Å². The van der Waals surface area contributed by atoms with Gasteiger partial charge >= 0.3 is 0 Å². The van der Waals surface area contributed by atoms with Gasteiger partial charge in [-0.2, -0.15) is 0 Å². The molecule has 1 heterocycles. The minimum Gasteiger partial charge on any atom is -0.496 e. The molecule has 0 aliphatic carbocycles. The molecule has 0 unspecified atom stereocenters. The number of hydrogen-bond donors (Lipinski definition) is 1. The van der Waals surface area contributed by atoms with Crippen molar-refractivity contribution in [3.63, 3.8) is 0 Å². The first-order valence-corrected chi connectivity index (χ1v) is 7.73. The number of aromatic nitrogens is 1. The summed E-state index contributed by atoms with van der Waals surface area (Å²) < 4.78 is 6.18. The first kappa shape index (κ1) is 14.5. The maximum atomic E-state index is 5.23. The van der Waals surface area contributed by atoms with E-state index in [2.05, 4.69) is 40.1 Å². The van der Waals surface area contributed by atoms with E-state index in [0.717, 1.165) is 27.3 Å². The molecule has 0 aliphatic rings. The van der Waals surface area contributed by atoms with Crippen LogP contribution < -0.4 is 10.1 Å². The molecule has 0 fully saturated rings. The molecule has 3 nitrogen and oxygen atoms in total. The second-order valence-corrected chi connectivity index (χ2v) is 6.49. The van der Waals surface area contributed by atoms with E-state index in [0.29, 0.717) is 6.04 Å². The van der Waals surface area contributed by atoms with Gasteiger partial charge in [0.15, 0.2) is 0 Å². The molecule has 19 heavy (non-hydrogen) atoms. The molecular weight excluding hydrogens is 324 g/mol. The highest BCUT2D eigenvalue weighted by atomic mass is 79.9. The Hall–Kier alpha value is -0.910. The van der Waals surface area contributed by atoms with Crippen LogP contribution in [0, 0.1) is 0 Å². The molecule has 2 rings (SSSR count). The summed E-state index contributed by atoms with van der Waals surface area (Å²) in [6, 6.07) is 6.51. The van der Waals surface area contributed by atoms with Crippen molar-refractivity contribution in [2.45, 2.75) is 26.4 Å². The number of methoxy groups -OCH3 is 1. The lowest BCUT2D eigenvalue weighted by Gasteiger charge is -2.05. The van der Waals surface area contributed by atoms with Gasteiger partial charge in [0.05, 0.1) is 11.6 Å². The molecule has 5 heteroatoms. The van der Waals surface area contributed by atoms with Crippen LogP contribution in [0.1, 0.15) is 18.7 Å². The van der Waals surface area contributed by atoms with E-state index < -0.39 is 0 Å². The summed E-state index contributed by atoms with van der Waals surface area (Å²) in [5, 5.41) is 4.43. The smallest absolute Gasteiger partial charge is 0.133 e. The van der Waals surface area contributed by atoms with Gasteiger partial charge in [0, 0.05) is 29.2 Å². The van der Waals surface area contributed by atoms with E-state index in [-0.39, 0.29) is 0 Å². The number of nitrogens with zero attached hydrogens (tertiary/aromatic N) is 1. The minimum atomic E-state index is 0.487. The summed E-state index contributed by atoms with van der Waals surface area (Å²) in [7, 11) is 1.67. The SMILES string of the molecule is COc1ccc(-c2ncc(CNC(C)C)s2)cc1Br. The van der Waals surface area contributed by atoms with Crippen molar-refractivity contribution in [3.8, 4) is 16.3 Å². The van der Waals surface area contributed by atoms with Gasteiger partial charge in [0.25, 0.3) is 0 Å². The third-order valence-corrected chi connectivity index (χ3v) is 4.30. The van der Waals surface area contributed by atoms with Crippen molar-refractivity contribution in [2.75, 3.05) is 7.11 Å². The standard InChI is InChI=1S/C14H17BrN2OS/c1-9(2)16-7-11-8-17-14(19-11)10-4-5-13(18-3)12(15)6-10/h4-6,8-9,16H,7H2,1-3H3. The average molecular weight is 341 g/mol. The van der Waals surface area contributed by atoms with Crippen LogP contribution in [0.4, 0.5) is 0 Å². The van der Waals surface area contributed by atoms with Crippen molar-refractivity contribution >= 4 is 27.3 Å². The quantitative estimate of drug-likeness (QED) is 0.890. The Morgan fingerprint density at radius 3 is 2.84 bits per heavy atom. The number of benzene rings is 1. The van der Waals surface area contributed by atoms with Crippen molar-refractivity contribution < 1.29 is 4.74 Å². The number of ether oxygens (including phenoxy) is 1. The van der Waals surface area contributed by atoms with Gasteiger partial charge in [-0.05, 0) is 34.1 Å². The number of nitrogens with one attached hydrogen (secondary N) is 1. The maximum Gasteiger partial charge on any atom is 0.133 e. The highest BCUT2D eigenvalue weighted by Gasteiger charge is 2.08. The molecule has 0 atom stereocenters. The minimum absolute atomic E-state index is 0.487. The summed E-state index contributed by atoms with van der Waals surface area (Å²) in [5.74, 6) is 0.835. The number of rotatable bonds is 5. The monoisotopic (exact) mass is 340 g/mol. The van der Waals surface area contributed by atoms with Gasteiger partial charge in [-0.1, -0.05) is 13.8 Å².